The Morgan fingerprint density at radius 3 is 2.42 bits per heavy atom. The summed E-state index contributed by atoms with van der Waals surface area (Å²) in [5.74, 6) is 0.356. The van der Waals surface area contributed by atoms with E-state index in [0.29, 0.717) is 11.5 Å². The lowest BCUT2D eigenvalue weighted by Gasteiger charge is -2.21. The number of hydrogen-bond acceptors (Lipinski definition) is 4. The number of aromatic nitrogens is 2. The van der Waals surface area contributed by atoms with Crippen LogP contribution < -0.4 is 10.2 Å². The van der Waals surface area contributed by atoms with Crippen LogP contribution in [0.15, 0.2) is 60.9 Å². The van der Waals surface area contributed by atoms with E-state index in [2.05, 4.69) is 34.3 Å². The summed E-state index contributed by atoms with van der Waals surface area (Å²) in [5, 5.41) is 2.90. The summed E-state index contributed by atoms with van der Waals surface area (Å²) in [6.45, 7) is 6.79. The molecule has 0 fully saturated rings. The highest BCUT2D eigenvalue weighted by Gasteiger charge is 2.13. The first-order valence-electron chi connectivity index (χ1n) is 8.61. The van der Waals surface area contributed by atoms with E-state index in [1.807, 2.05) is 55.1 Å². The molecule has 1 heterocycles. The predicted molar refractivity (Wildman–Crippen MR) is 105 cm³/mol. The molecule has 26 heavy (non-hydrogen) atoms. The number of benzene rings is 2. The van der Waals surface area contributed by atoms with Crippen LogP contribution in [0.5, 0.6) is 0 Å². The Bertz CT molecular complexity index is 906. The maximum Gasteiger partial charge on any atom is 0.258 e. The van der Waals surface area contributed by atoms with Gasteiger partial charge < -0.3 is 10.2 Å². The summed E-state index contributed by atoms with van der Waals surface area (Å²) < 4.78 is 0. The summed E-state index contributed by atoms with van der Waals surface area (Å²) >= 11 is 0. The molecule has 1 N–H and O–H groups in total. The van der Waals surface area contributed by atoms with Crippen LogP contribution in [0, 0.1) is 13.8 Å². The van der Waals surface area contributed by atoms with Gasteiger partial charge in [0.15, 0.2) is 0 Å². The lowest BCUT2D eigenvalue weighted by Crippen LogP contribution is -2.20. The van der Waals surface area contributed by atoms with E-state index in [-0.39, 0.29) is 5.91 Å². The zero-order chi connectivity index (χ0) is 18.5. The second-order valence-electron chi connectivity index (χ2n) is 6.12. The highest BCUT2D eigenvalue weighted by molar-refractivity contribution is 6.04. The first-order chi connectivity index (χ1) is 12.6. The standard InChI is InChI=1S/C21H22N4O/c1-4-25(18-10-7-8-15(2)12-18)21-22-13-17(14-23-21)20(26)24-19-11-6-5-9-16(19)3/h5-14H,4H2,1-3H3,(H,24,26). The van der Waals surface area contributed by atoms with E-state index < -0.39 is 0 Å². The van der Waals surface area contributed by atoms with Gasteiger partial charge in [0.25, 0.3) is 5.91 Å². The van der Waals surface area contributed by atoms with Crippen molar-refractivity contribution in [3.8, 4) is 0 Å². The number of anilines is 3. The number of amides is 1. The second-order valence-corrected chi connectivity index (χ2v) is 6.12. The lowest BCUT2D eigenvalue weighted by molar-refractivity contribution is 0.102. The van der Waals surface area contributed by atoms with Gasteiger partial charge in [-0.15, -0.1) is 0 Å². The molecule has 0 spiro atoms. The molecule has 0 bridgehead atoms. The maximum atomic E-state index is 12.4. The molecule has 1 amide bonds. The van der Waals surface area contributed by atoms with Gasteiger partial charge in [0, 0.05) is 30.3 Å². The normalized spacial score (nSPS) is 10.4. The third-order valence-corrected chi connectivity index (χ3v) is 4.16. The second kappa shape index (κ2) is 7.78. The van der Waals surface area contributed by atoms with Crippen molar-refractivity contribution in [2.24, 2.45) is 0 Å². The largest absolute Gasteiger partial charge is 0.322 e. The molecular weight excluding hydrogens is 324 g/mol. The summed E-state index contributed by atoms with van der Waals surface area (Å²) in [6, 6.07) is 15.8. The van der Waals surface area contributed by atoms with E-state index >= 15 is 0 Å². The molecule has 1 aromatic heterocycles. The van der Waals surface area contributed by atoms with Crippen LogP contribution in [0.2, 0.25) is 0 Å². The SMILES string of the molecule is CCN(c1cccc(C)c1)c1ncc(C(=O)Nc2ccccc2C)cn1. The summed E-state index contributed by atoms with van der Waals surface area (Å²) in [4.78, 5) is 23.2. The van der Waals surface area contributed by atoms with Crippen molar-refractivity contribution in [1.29, 1.82) is 0 Å². The minimum Gasteiger partial charge on any atom is -0.322 e. The quantitative estimate of drug-likeness (QED) is 0.739. The van der Waals surface area contributed by atoms with Crippen LogP contribution in [-0.4, -0.2) is 22.4 Å². The number of rotatable bonds is 5. The van der Waals surface area contributed by atoms with E-state index in [1.54, 1.807) is 12.4 Å². The lowest BCUT2D eigenvalue weighted by atomic mass is 10.2. The molecule has 0 saturated heterocycles. The molecule has 0 aliphatic carbocycles. The van der Waals surface area contributed by atoms with Gasteiger partial charge >= 0.3 is 0 Å². The van der Waals surface area contributed by atoms with Crippen LogP contribution in [0.25, 0.3) is 0 Å². The summed E-state index contributed by atoms with van der Waals surface area (Å²) in [6.07, 6.45) is 3.13. The molecule has 0 radical (unpaired) electrons. The van der Waals surface area contributed by atoms with Crippen molar-refractivity contribution in [3.63, 3.8) is 0 Å². The monoisotopic (exact) mass is 346 g/mol. The van der Waals surface area contributed by atoms with Gasteiger partial charge in [0.05, 0.1) is 5.56 Å². The average Bonchev–Trinajstić information content (AvgIpc) is 2.65. The fourth-order valence-corrected chi connectivity index (χ4v) is 2.72. The van der Waals surface area contributed by atoms with Crippen LogP contribution in [-0.2, 0) is 0 Å². The minimum atomic E-state index is -0.218. The highest BCUT2D eigenvalue weighted by atomic mass is 16.1. The molecule has 2 aromatic carbocycles. The molecule has 0 atom stereocenters. The molecule has 0 aliphatic rings. The molecule has 5 heteroatoms. The van der Waals surface area contributed by atoms with Crippen molar-refractivity contribution in [3.05, 3.63) is 77.6 Å². The Balaban J connectivity index is 1.79. The van der Waals surface area contributed by atoms with Crippen LogP contribution in [0.1, 0.15) is 28.4 Å². The van der Waals surface area contributed by atoms with Crippen molar-refractivity contribution in [1.82, 2.24) is 9.97 Å². The average molecular weight is 346 g/mol. The number of carbonyl (C=O) groups is 1. The fraction of sp³-hybridized carbons (Fsp3) is 0.190. The Morgan fingerprint density at radius 1 is 1.04 bits per heavy atom. The predicted octanol–water partition coefficient (Wildman–Crippen LogP) is 4.50. The van der Waals surface area contributed by atoms with E-state index in [1.165, 1.54) is 5.56 Å². The van der Waals surface area contributed by atoms with Crippen LogP contribution >= 0.6 is 0 Å². The van der Waals surface area contributed by atoms with Crippen molar-refractivity contribution >= 4 is 23.2 Å². The van der Waals surface area contributed by atoms with E-state index in [4.69, 9.17) is 0 Å². The summed E-state index contributed by atoms with van der Waals surface area (Å²) in [5.41, 5.74) is 4.43. The van der Waals surface area contributed by atoms with Crippen LogP contribution in [0.3, 0.4) is 0 Å². The van der Waals surface area contributed by atoms with Crippen molar-refractivity contribution < 1.29 is 4.79 Å². The number of para-hydroxylation sites is 1. The number of nitrogens with one attached hydrogen (secondary N) is 1. The van der Waals surface area contributed by atoms with Gasteiger partial charge in [-0.25, -0.2) is 9.97 Å². The maximum absolute atomic E-state index is 12.4. The van der Waals surface area contributed by atoms with Gasteiger partial charge in [-0.1, -0.05) is 30.3 Å². The Morgan fingerprint density at radius 2 is 1.77 bits per heavy atom. The molecule has 0 saturated carbocycles. The molecule has 5 nitrogen and oxygen atoms in total. The number of nitrogens with zero attached hydrogens (tertiary/aromatic N) is 3. The highest BCUT2D eigenvalue weighted by Crippen LogP contribution is 2.22. The molecule has 132 valence electrons. The third kappa shape index (κ3) is 3.88. The molecule has 3 rings (SSSR count). The topological polar surface area (TPSA) is 58.1 Å². The Labute approximate surface area is 153 Å². The Kier molecular flexibility index (Phi) is 5.27. The number of hydrogen-bond donors (Lipinski definition) is 1. The van der Waals surface area contributed by atoms with Crippen LogP contribution in [0.4, 0.5) is 17.3 Å². The zero-order valence-electron chi connectivity index (χ0n) is 15.2. The van der Waals surface area contributed by atoms with Gasteiger partial charge in [0.1, 0.15) is 0 Å². The van der Waals surface area contributed by atoms with Gasteiger partial charge in [-0.05, 0) is 50.1 Å². The number of aryl methyl sites for hydroxylation is 2. The van der Waals surface area contributed by atoms with Gasteiger partial charge in [0.2, 0.25) is 5.95 Å². The molecular formula is C21H22N4O. The minimum absolute atomic E-state index is 0.218. The molecule has 3 aromatic rings. The van der Waals surface area contributed by atoms with Gasteiger partial charge in [-0.3, -0.25) is 4.79 Å². The molecule has 0 unspecified atom stereocenters. The Hall–Kier alpha value is -3.21. The first kappa shape index (κ1) is 17.6. The molecule has 0 aliphatic heterocycles. The summed E-state index contributed by atoms with van der Waals surface area (Å²) in [7, 11) is 0. The van der Waals surface area contributed by atoms with Gasteiger partial charge in [-0.2, -0.15) is 0 Å². The van der Waals surface area contributed by atoms with E-state index in [0.717, 1.165) is 23.5 Å². The number of carbonyl (C=O) groups excluding carboxylic acids is 1. The van der Waals surface area contributed by atoms with Crippen molar-refractivity contribution in [2.75, 3.05) is 16.8 Å². The zero-order valence-corrected chi connectivity index (χ0v) is 15.2. The van der Waals surface area contributed by atoms with E-state index in [9.17, 15) is 4.79 Å². The fourth-order valence-electron chi connectivity index (χ4n) is 2.72. The van der Waals surface area contributed by atoms with Crippen molar-refractivity contribution in [2.45, 2.75) is 20.8 Å². The smallest absolute Gasteiger partial charge is 0.258 e. The first-order valence-corrected chi connectivity index (χ1v) is 8.61. The third-order valence-electron chi connectivity index (χ3n) is 4.16.